The summed E-state index contributed by atoms with van der Waals surface area (Å²) in [4.78, 5) is 37.0. The van der Waals surface area contributed by atoms with E-state index in [1.54, 1.807) is 13.3 Å². The number of aryl methyl sites for hydroxylation is 1. The third kappa shape index (κ3) is 5.09. The van der Waals surface area contributed by atoms with Crippen molar-refractivity contribution >= 4 is 11.9 Å². The van der Waals surface area contributed by atoms with Gasteiger partial charge in [0.15, 0.2) is 0 Å². The van der Waals surface area contributed by atoms with E-state index in [0.717, 1.165) is 43.8 Å². The molecule has 2 saturated heterocycles. The molecule has 3 heterocycles. The Morgan fingerprint density at radius 3 is 2.53 bits per heavy atom. The Bertz CT molecular complexity index is 986. The summed E-state index contributed by atoms with van der Waals surface area (Å²) >= 11 is 0. The van der Waals surface area contributed by atoms with Crippen LogP contribution < -0.4 is 4.74 Å². The number of piperidine rings is 1. The minimum Gasteiger partial charge on any atom is -0.497 e. The summed E-state index contributed by atoms with van der Waals surface area (Å²) in [6.07, 6.45) is 6.50. The Hall–Kier alpha value is -2.93. The van der Waals surface area contributed by atoms with Crippen molar-refractivity contribution in [2.75, 3.05) is 33.3 Å². The molecule has 1 aromatic carbocycles. The molecule has 34 heavy (non-hydrogen) atoms. The van der Waals surface area contributed by atoms with E-state index < -0.39 is 5.54 Å². The van der Waals surface area contributed by atoms with Crippen LogP contribution in [0.15, 0.2) is 48.8 Å². The molecule has 3 amide bonds. The molecule has 0 aliphatic carbocycles. The van der Waals surface area contributed by atoms with E-state index in [-0.39, 0.29) is 11.9 Å². The molecule has 2 aliphatic rings. The van der Waals surface area contributed by atoms with Gasteiger partial charge in [-0.1, -0.05) is 32.0 Å². The molecule has 0 radical (unpaired) electrons. The molecule has 0 N–H and O–H groups in total. The standard InChI is InChI=1S/C27H36N4O3/c1-21(2)19-31-26(33)30(14-6-9-22-8-5-13-28-18-22)25(32)27(31)11-15-29(16-12-27)20-23-7-4-10-24(17-23)34-3/h4-5,7-8,10,13,17-18,21H,6,9,11-12,14-16,19-20H2,1-3H3. The number of carbonyl (C=O) groups is 2. The highest BCUT2D eigenvalue weighted by Gasteiger charge is 2.57. The fourth-order valence-corrected chi connectivity index (χ4v) is 5.18. The van der Waals surface area contributed by atoms with Gasteiger partial charge in [0.25, 0.3) is 5.91 Å². The summed E-state index contributed by atoms with van der Waals surface area (Å²) in [6, 6.07) is 11.9. The van der Waals surface area contributed by atoms with Gasteiger partial charge in [0.2, 0.25) is 0 Å². The van der Waals surface area contributed by atoms with Crippen molar-refractivity contribution in [2.45, 2.75) is 51.6 Å². The van der Waals surface area contributed by atoms with Crippen LogP contribution >= 0.6 is 0 Å². The van der Waals surface area contributed by atoms with E-state index in [1.165, 1.54) is 10.5 Å². The number of benzene rings is 1. The normalized spacial score (nSPS) is 18.4. The van der Waals surface area contributed by atoms with Crippen LogP contribution in [0.3, 0.4) is 0 Å². The SMILES string of the molecule is COc1cccc(CN2CCC3(CC2)C(=O)N(CCCc2cccnc2)C(=O)N3CC(C)C)c1. The largest absolute Gasteiger partial charge is 0.497 e. The topological polar surface area (TPSA) is 66.0 Å². The van der Waals surface area contributed by atoms with E-state index >= 15 is 0 Å². The zero-order chi connectivity index (χ0) is 24.1. The number of rotatable bonds is 9. The number of aromatic nitrogens is 1. The number of hydrogen-bond acceptors (Lipinski definition) is 5. The third-order valence-corrected chi connectivity index (χ3v) is 6.96. The van der Waals surface area contributed by atoms with Gasteiger partial charge < -0.3 is 9.64 Å². The second kappa shape index (κ2) is 10.6. The lowest BCUT2D eigenvalue weighted by Gasteiger charge is -2.42. The van der Waals surface area contributed by atoms with Crippen LogP contribution in [-0.4, -0.2) is 70.4 Å². The number of imide groups is 1. The number of amides is 3. The fraction of sp³-hybridized carbons (Fsp3) is 0.519. The van der Waals surface area contributed by atoms with Gasteiger partial charge in [-0.3, -0.25) is 19.6 Å². The number of carbonyl (C=O) groups excluding carboxylic acids is 2. The van der Waals surface area contributed by atoms with Gasteiger partial charge in [-0.2, -0.15) is 0 Å². The van der Waals surface area contributed by atoms with Crippen LogP contribution in [0.5, 0.6) is 5.75 Å². The molecule has 182 valence electrons. The van der Waals surface area contributed by atoms with Crippen LogP contribution in [0.1, 0.15) is 44.2 Å². The summed E-state index contributed by atoms with van der Waals surface area (Å²) in [5.74, 6) is 1.15. The van der Waals surface area contributed by atoms with Crippen LogP contribution in [0.25, 0.3) is 0 Å². The quantitative estimate of drug-likeness (QED) is 0.525. The first-order valence-electron chi connectivity index (χ1n) is 12.3. The Kier molecular flexibility index (Phi) is 7.51. The summed E-state index contributed by atoms with van der Waals surface area (Å²) < 4.78 is 5.35. The Balaban J connectivity index is 1.43. The van der Waals surface area contributed by atoms with Gasteiger partial charge in [-0.25, -0.2) is 4.79 Å². The molecular weight excluding hydrogens is 428 g/mol. The number of urea groups is 1. The molecule has 2 aromatic rings. The number of likely N-dealkylation sites (tertiary alicyclic amines) is 1. The van der Waals surface area contributed by atoms with Crippen molar-refractivity contribution in [3.63, 3.8) is 0 Å². The summed E-state index contributed by atoms with van der Waals surface area (Å²) in [5.41, 5.74) is 1.61. The monoisotopic (exact) mass is 464 g/mol. The number of methoxy groups -OCH3 is 1. The molecular formula is C27H36N4O3. The lowest BCUT2D eigenvalue weighted by Crippen LogP contribution is -2.57. The van der Waals surface area contributed by atoms with Gasteiger partial charge in [0, 0.05) is 45.1 Å². The first kappa shape index (κ1) is 24.2. The number of hydrogen-bond donors (Lipinski definition) is 0. The van der Waals surface area contributed by atoms with E-state index in [9.17, 15) is 9.59 Å². The smallest absolute Gasteiger partial charge is 0.327 e. The lowest BCUT2D eigenvalue weighted by molar-refractivity contribution is -0.135. The second-order valence-corrected chi connectivity index (χ2v) is 9.87. The maximum atomic E-state index is 13.7. The van der Waals surface area contributed by atoms with Crippen molar-refractivity contribution in [2.24, 2.45) is 5.92 Å². The molecule has 2 fully saturated rings. The number of nitrogens with zero attached hydrogens (tertiary/aromatic N) is 4. The predicted octanol–water partition coefficient (Wildman–Crippen LogP) is 3.98. The molecule has 7 nitrogen and oxygen atoms in total. The zero-order valence-electron chi connectivity index (χ0n) is 20.6. The van der Waals surface area contributed by atoms with E-state index in [2.05, 4.69) is 35.9 Å². The molecule has 0 unspecified atom stereocenters. The van der Waals surface area contributed by atoms with Crippen molar-refractivity contribution < 1.29 is 14.3 Å². The van der Waals surface area contributed by atoms with Crippen molar-refractivity contribution in [3.05, 3.63) is 59.9 Å². The molecule has 4 rings (SSSR count). The minimum atomic E-state index is -0.708. The Morgan fingerprint density at radius 1 is 1.09 bits per heavy atom. The summed E-state index contributed by atoms with van der Waals surface area (Å²) in [6.45, 7) is 7.66. The second-order valence-electron chi connectivity index (χ2n) is 9.87. The minimum absolute atomic E-state index is 0.00892. The molecule has 1 spiro atoms. The Morgan fingerprint density at radius 2 is 1.85 bits per heavy atom. The van der Waals surface area contributed by atoms with E-state index in [4.69, 9.17) is 4.74 Å². The third-order valence-electron chi connectivity index (χ3n) is 6.96. The van der Waals surface area contributed by atoms with Crippen molar-refractivity contribution in [1.82, 2.24) is 19.7 Å². The summed E-state index contributed by atoms with van der Waals surface area (Å²) in [5, 5.41) is 0. The van der Waals surface area contributed by atoms with Gasteiger partial charge in [-0.15, -0.1) is 0 Å². The van der Waals surface area contributed by atoms with Crippen molar-refractivity contribution in [1.29, 1.82) is 0 Å². The highest BCUT2D eigenvalue weighted by molar-refractivity contribution is 6.07. The summed E-state index contributed by atoms with van der Waals surface area (Å²) in [7, 11) is 1.68. The van der Waals surface area contributed by atoms with Gasteiger partial charge in [-0.05, 0) is 60.9 Å². The zero-order valence-corrected chi connectivity index (χ0v) is 20.6. The molecule has 2 aliphatic heterocycles. The molecule has 1 aromatic heterocycles. The van der Waals surface area contributed by atoms with Crippen LogP contribution in [-0.2, 0) is 17.8 Å². The van der Waals surface area contributed by atoms with Crippen LogP contribution in [0.4, 0.5) is 4.79 Å². The Labute approximate surface area is 202 Å². The van der Waals surface area contributed by atoms with Crippen LogP contribution in [0.2, 0.25) is 0 Å². The maximum Gasteiger partial charge on any atom is 0.327 e. The maximum absolute atomic E-state index is 13.7. The molecule has 7 heteroatoms. The average Bonchev–Trinajstić information content (AvgIpc) is 3.02. The first-order valence-corrected chi connectivity index (χ1v) is 12.3. The van der Waals surface area contributed by atoms with Gasteiger partial charge >= 0.3 is 6.03 Å². The predicted molar refractivity (Wildman–Crippen MR) is 131 cm³/mol. The van der Waals surface area contributed by atoms with Gasteiger partial charge in [0.05, 0.1) is 7.11 Å². The number of pyridine rings is 1. The molecule has 0 atom stereocenters. The highest BCUT2D eigenvalue weighted by Crippen LogP contribution is 2.38. The van der Waals surface area contributed by atoms with E-state index in [0.29, 0.717) is 31.8 Å². The van der Waals surface area contributed by atoms with Crippen molar-refractivity contribution in [3.8, 4) is 5.75 Å². The lowest BCUT2D eigenvalue weighted by atomic mass is 9.85. The molecule has 0 bridgehead atoms. The van der Waals surface area contributed by atoms with Crippen LogP contribution in [0, 0.1) is 5.92 Å². The molecule has 0 saturated carbocycles. The fourth-order valence-electron chi connectivity index (χ4n) is 5.18. The first-order chi connectivity index (χ1) is 16.4. The highest BCUT2D eigenvalue weighted by atomic mass is 16.5. The number of ether oxygens (including phenoxy) is 1. The van der Waals surface area contributed by atoms with E-state index in [1.807, 2.05) is 35.4 Å². The average molecular weight is 465 g/mol. The van der Waals surface area contributed by atoms with Gasteiger partial charge in [0.1, 0.15) is 11.3 Å².